The van der Waals surface area contributed by atoms with Crippen LogP contribution in [0.15, 0.2) is 30.3 Å². The first-order valence-electron chi connectivity index (χ1n) is 7.00. The summed E-state index contributed by atoms with van der Waals surface area (Å²) in [6, 6.07) is 11.6. The van der Waals surface area contributed by atoms with Crippen LogP contribution in [0.2, 0.25) is 0 Å². The van der Waals surface area contributed by atoms with Gasteiger partial charge in [-0.1, -0.05) is 30.3 Å². The standard InChI is InChI=1S/C15H23N3/c1-16-12-15(13-16)18-9-7-17(8-10-18)11-14-5-3-2-4-6-14/h2-6,15H,7-13H2,1H3. The molecule has 2 aliphatic heterocycles. The molecule has 18 heavy (non-hydrogen) atoms. The van der Waals surface area contributed by atoms with Crippen LogP contribution >= 0.6 is 0 Å². The molecule has 2 saturated heterocycles. The number of piperazine rings is 1. The molecule has 98 valence electrons. The SMILES string of the molecule is CN1CC(N2CCN(Cc3ccccc3)CC2)C1. The Morgan fingerprint density at radius 3 is 2.28 bits per heavy atom. The average molecular weight is 245 g/mol. The van der Waals surface area contributed by atoms with Gasteiger partial charge in [-0.15, -0.1) is 0 Å². The Kier molecular flexibility index (Phi) is 3.64. The van der Waals surface area contributed by atoms with Gasteiger partial charge in [0.2, 0.25) is 0 Å². The van der Waals surface area contributed by atoms with Crippen molar-refractivity contribution in [1.82, 2.24) is 14.7 Å². The molecule has 0 spiro atoms. The van der Waals surface area contributed by atoms with Crippen LogP contribution < -0.4 is 0 Å². The van der Waals surface area contributed by atoms with E-state index in [1.807, 2.05) is 0 Å². The normalized spacial score (nSPS) is 24.1. The second-order valence-corrected chi connectivity index (χ2v) is 5.67. The molecule has 0 aromatic heterocycles. The third kappa shape index (κ3) is 2.74. The van der Waals surface area contributed by atoms with Crippen LogP contribution in [0.1, 0.15) is 5.56 Å². The summed E-state index contributed by atoms with van der Waals surface area (Å²) in [5.41, 5.74) is 1.44. The van der Waals surface area contributed by atoms with E-state index < -0.39 is 0 Å². The smallest absolute Gasteiger partial charge is 0.0351 e. The Morgan fingerprint density at radius 1 is 1.00 bits per heavy atom. The van der Waals surface area contributed by atoms with Crippen LogP contribution in [0, 0.1) is 0 Å². The molecule has 1 aromatic rings. The molecule has 0 bridgehead atoms. The van der Waals surface area contributed by atoms with Crippen LogP contribution in [0.4, 0.5) is 0 Å². The van der Waals surface area contributed by atoms with Crippen molar-refractivity contribution in [1.29, 1.82) is 0 Å². The maximum absolute atomic E-state index is 2.67. The van der Waals surface area contributed by atoms with Gasteiger partial charge in [-0.2, -0.15) is 0 Å². The highest BCUT2D eigenvalue weighted by Crippen LogP contribution is 2.16. The highest BCUT2D eigenvalue weighted by molar-refractivity contribution is 5.14. The predicted molar refractivity (Wildman–Crippen MR) is 74.6 cm³/mol. The van der Waals surface area contributed by atoms with E-state index in [-0.39, 0.29) is 0 Å². The molecule has 0 unspecified atom stereocenters. The lowest BCUT2D eigenvalue weighted by molar-refractivity contribution is 0.0161. The van der Waals surface area contributed by atoms with Crippen molar-refractivity contribution >= 4 is 0 Å². The minimum atomic E-state index is 0.828. The molecule has 0 saturated carbocycles. The van der Waals surface area contributed by atoms with Crippen LogP contribution in [-0.4, -0.2) is 67.1 Å². The molecule has 0 aliphatic carbocycles. The fourth-order valence-corrected chi connectivity index (χ4v) is 3.03. The van der Waals surface area contributed by atoms with Crippen molar-refractivity contribution in [3.63, 3.8) is 0 Å². The Balaban J connectivity index is 1.45. The minimum Gasteiger partial charge on any atom is -0.303 e. The Hall–Kier alpha value is -0.900. The van der Waals surface area contributed by atoms with E-state index in [1.165, 1.54) is 44.8 Å². The van der Waals surface area contributed by atoms with Crippen molar-refractivity contribution in [2.75, 3.05) is 46.3 Å². The molecule has 3 heteroatoms. The Labute approximate surface area is 110 Å². The average Bonchev–Trinajstić information content (AvgIpc) is 2.38. The summed E-state index contributed by atoms with van der Waals surface area (Å²) in [6.07, 6.45) is 0. The van der Waals surface area contributed by atoms with Gasteiger partial charge in [0.05, 0.1) is 0 Å². The van der Waals surface area contributed by atoms with Gasteiger partial charge in [0.25, 0.3) is 0 Å². The summed E-state index contributed by atoms with van der Waals surface area (Å²) in [6.45, 7) is 8.55. The maximum atomic E-state index is 2.67. The molecule has 3 nitrogen and oxygen atoms in total. The van der Waals surface area contributed by atoms with Gasteiger partial charge in [0, 0.05) is 51.9 Å². The second-order valence-electron chi connectivity index (χ2n) is 5.67. The topological polar surface area (TPSA) is 9.72 Å². The van der Waals surface area contributed by atoms with E-state index in [9.17, 15) is 0 Å². The largest absolute Gasteiger partial charge is 0.303 e. The summed E-state index contributed by atoms with van der Waals surface area (Å²) < 4.78 is 0. The molecular formula is C15H23N3. The fourth-order valence-electron chi connectivity index (χ4n) is 3.03. The zero-order valence-electron chi connectivity index (χ0n) is 11.3. The van der Waals surface area contributed by atoms with Crippen molar-refractivity contribution in [3.05, 3.63) is 35.9 Å². The summed E-state index contributed by atoms with van der Waals surface area (Å²) >= 11 is 0. The number of likely N-dealkylation sites (N-methyl/N-ethyl adjacent to an activating group) is 1. The number of likely N-dealkylation sites (tertiary alicyclic amines) is 1. The van der Waals surface area contributed by atoms with Gasteiger partial charge in [0.1, 0.15) is 0 Å². The Bertz CT molecular complexity index is 365. The summed E-state index contributed by atoms with van der Waals surface area (Å²) in [5, 5.41) is 0. The van der Waals surface area contributed by atoms with Crippen molar-refractivity contribution in [2.45, 2.75) is 12.6 Å². The number of benzene rings is 1. The number of nitrogens with zero attached hydrogens (tertiary/aromatic N) is 3. The quantitative estimate of drug-likeness (QED) is 0.790. The van der Waals surface area contributed by atoms with Crippen molar-refractivity contribution < 1.29 is 0 Å². The molecule has 0 atom stereocenters. The first-order valence-corrected chi connectivity index (χ1v) is 7.00. The molecule has 3 rings (SSSR count). The van der Waals surface area contributed by atoms with Gasteiger partial charge in [0.15, 0.2) is 0 Å². The first-order chi connectivity index (χ1) is 8.81. The fraction of sp³-hybridized carbons (Fsp3) is 0.600. The van der Waals surface area contributed by atoms with Gasteiger partial charge in [-0.3, -0.25) is 9.80 Å². The molecule has 2 heterocycles. The van der Waals surface area contributed by atoms with Gasteiger partial charge < -0.3 is 4.90 Å². The highest BCUT2D eigenvalue weighted by Gasteiger charge is 2.31. The van der Waals surface area contributed by atoms with E-state index in [0.717, 1.165) is 12.6 Å². The number of rotatable bonds is 3. The van der Waals surface area contributed by atoms with E-state index in [2.05, 4.69) is 52.1 Å². The second kappa shape index (κ2) is 5.39. The number of hydrogen-bond donors (Lipinski definition) is 0. The van der Waals surface area contributed by atoms with Crippen LogP contribution in [-0.2, 0) is 6.54 Å². The van der Waals surface area contributed by atoms with Crippen LogP contribution in [0.25, 0.3) is 0 Å². The van der Waals surface area contributed by atoms with Crippen molar-refractivity contribution in [2.24, 2.45) is 0 Å². The molecule has 0 radical (unpaired) electrons. The molecule has 2 fully saturated rings. The highest BCUT2D eigenvalue weighted by atomic mass is 15.3. The van der Waals surface area contributed by atoms with E-state index in [1.54, 1.807) is 0 Å². The van der Waals surface area contributed by atoms with Gasteiger partial charge in [-0.05, 0) is 12.6 Å². The lowest BCUT2D eigenvalue weighted by Gasteiger charge is -2.47. The monoisotopic (exact) mass is 245 g/mol. The third-order valence-corrected chi connectivity index (χ3v) is 4.22. The maximum Gasteiger partial charge on any atom is 0.0351 e. The summed E-state index contributed by atoms with van der Waals surface area (Å²) in [5.74, 6) is 0. The van der Waals surface area contributed by atoms with E-state index >= 15 is 0 Å². The molecule has 2 aliphatic rings. The van der Waals surface area contributed by atoms with E-state index in [4.69, 9.17) is 0 Å². The number of hydrogen-bond acceptors (Lipinski definition) is 3. The minimum absolute atomic E-state index is 0.828. The molecule has 0 amide bonds. The van der Waals surface area contributed by atoms with E-state index in [0.29, 0.717) is 0 Å². The van der Waals surface area contributed by atoms with Crippen LogP contribution in [0.5, 0.6) is 0 Å². The molecular weight excluding hydrogens is 222 g/mol. The zero-order chi connectivity index (χ0) is 12.4. The van der Waals surface area contributed by atoms with Crippen molar-refractivity contribution in [3.8, 4) is 0 Å². The Morgan fingerprint density at radius 2 is 1.67 bits per heavy atom. The predicted octanol–water partition coefficient (Wildman–Crippen LogP) is 1.12. The lowest BCUT2D eigenvalue weighted by Crippen LogP contribution is -2.61. The van der Waals surface area contributed by atoms with Gasteiger partial charge in [-0.25, -0.2) is 0 Å². The lowest BCUT2D eigenvalue weighted by atomic mass is 10.1. The molecule has 1 aromatic carbocycles. The third-order valence-electron chi connectivity index (χ3n) is 4.22. The van der Waals surface area contributed by atoms with Gasteiger partial charge >= 0.3 is 0 Å². The summed E-state index contributed by atoms with van der Waals surface area (Å²) in [4.78, 5) is 7.65. The molecule has 0 N–H and O–H groups in total. The summed E-state index contributed by atoms with van der Waals surface area (Å²) in [7, 11) is 2.21. The zero-order valence-corrected chi connectivity index (χ0v) is 11.3. The first kappa shape index (κ1) is 12.2. The van der Waals surface area contributed by atoms with Crippen LogP contribution in [0.3, 0.4) is 0 Å².